The van der Waals surface area contributed by atoms with Gasteiger partial charge in [-0.1, -0.05) is 18.2 Å². The second-order valence-electron chi connectivity index (χ2n) is 6.90. The van der Waals surface area contributed by atoms with Crippen molar-refractivity contribution in [2.45, 2.75) is 4.90 Å². The van der Waals surface area contributed by atoms with Gasteiger partial charge in [0.25, 0.3) is 10.0 Å². The third-order valence-electron chi connectivity index (χ3n) is 4.73. The van der Waals surface area contributed by atoms with Crippen LogP contribution in [0.4, 0.5) is 5.69 Å². The molecule has 0 spiro atoms. The average molecular weight is 471 g/mol. The van der Waals surface area contributed by atoms with Gasteiger partial charge in [0.15, 0.2) is 0 Å². The summed E-state index contributed by atoms with van der Waals surface area (Å²) in [6.45, 7) is 0.0750. The Labute approximate surface area is 193 Å². The van der Waals surface area contributed by atoms with E-state index in [0.29, 0.717) is 17.2 Å². The molecule has 0 aliphatic heterocycles. The number of rotatable bonds is 11. The average Bonchev–Trinajstić information content (AvgIpc) is 2.86. The molecule has 33 heavy (non-hydrogen) atoms. The van der Waals surface area contributed by atoms with Crippen LogP contribution in [-0.2, 0) is 14.8 Å². The molecule has 0 fully saturated rings. The Hall–Kier alpha value is -3.72. The van der Waals surface area contributed by atoms with Crippen molar-refractivity contribution < 1.29 is 27.4 Å². The number of carbonyl (C=O) groups is 1. The van der Waals surface area contributed by atoms with Gasteiger partial charge in [0.1, 0.15) is 30.4 Å². The lowest BCUT2D eigenvalue weighted by molar-refractivity contribution is -0.119. The highest BCUT2D eigenvalue weighted by molar-refractivity contribution is 7.92. The molecule has 3 aromatic carbocycles. The number of anilines is 1. The van der Waals surface area contributed by atoms with Gasteiger partial charge in [0.2, 0.25) is 5.91 Å². The molecule has 0 unspecified atom stereocenters. The standard InChI is InChI=1S/C24H26N2O6S/c1-30-20-8-10-22(11-9-20)32-17-16-25-24(27)18-26(19-6-4-3-5-7-19)33(28,29)23-14-12-21(31-2)13-15-23/h3-15H,16-18H2,1-2H3,(H,25,27). The maximum absolute atomic E-state index is 13.3. The molecule has 0 aliphatic carbocycles. The molecule has 0 aromatic heterocycles. The molecule has 174 valence electrons. The van der Waals surface area contributed by atoms with Gasteiger partial charge >= 0.3 is 0 Å². The Balaban J connectivity index is 1.65. The van der Waals surface area contributed by atoms with Crippen LogP contribution in [0, 0.1) is 0 Å². The highest BCUT2D eigenvalue weighted by atomic mass is 32.2. The zero-order valence-electron chi connectivity index (χ0n) is 18.4. The Morgan fingerprint density at radius 3 is 1.94 bits per heavy atom. The Kier molecular flexibility index (Phi) is 8.15. The monoisotopic (exact) mass is 470 g/mol. The maximum atomic E-state index is 13.3. The first kappa shape index (κ1) is 23.9. The first-order valence-electron chi connectivity index (χ1n) is 10.2. The van der Waals surface area contributed by atoms with Gasteiger partial charge in [0.05, 0.1) is 31.3 Å². The van der Waals surface area contributed by atoms with Crippen LogP contribution in [0.3, 0.4) is 0 Å². The largest absolute Gasteiger partial charge is 0.497 e. The van der Waals surface area contributed by atoms with Gasteiger partial charge in [-0.15, -0.1) is 0 Å². The number of hydrogen-bond acceptors (Lipinski definition) is 6. The van der Waals surface area contributed by atoms with E-state index in [-0.39, 0.29) is 24.6 Å². The van der Waals surface area contributed by atoms with Crippen LogP contribution in [0.1, 0.15) is 0 Å². The van der Waals surface area contributed by atoms with Gasteiger partial charge < -0.3 is 19.5 Å². The van der Waals surface area contributed by atoms with E-state index in [0.717, 1.165) is 10.1 Å². The van der Waals surface area contributed by atoms with Crippen LogP contribution in [0.25, 0.3) is 0 Å². The molecule has 1 N–H and O–H groups in total. The Morgan fingerprint density at radius 1 is 0.818 bits per heavy atom. The summed E-state index contributed by atoms with van der Waals surface area (Å²) in [7, 11) is -0.896. The molecule has 0 heterocycles. The van der Waals surface area contributed by atoms with Crippen molar-refractivity contribution in [1.29, 1.82) is 0 Å². The molecule has 0 saturated carbocycles. The van der Waals surface area contributed by atoms with E-state index in [1.54, 1.807) is 73.8 Å². The fourth-order valence-corrected chi connectivity index (χ4v) is 4.42. The molecule has 8 nitrogen and oxygen atoms in total. The van der Waals surface area contributed by atoms with Gasteiger partial charge in [-0.2, -0.15) is 0 Å². The van der Waals surface area contributed by atoms with Crippen LogP contribution in [0.15, 0.2) is 83.8 Å². The fourth-order valence-electron chi connectivity index (χ4n) is 3.00. The zero-order valence-corrected chi connectivity index (χ0v) is 19.2. The third kappa shape index (κ3) is 6.39. The molecule has 0 radical (unpaired) electrons. The molecule has 0 atom stereocenters. The van der Waals surface area contributed by atoms with E-state index in [9.17, 15) is 13.2 Å². The molecule has 0 bridgehead atoms. The minimum atomic E-state index is -3.98. The van der Waals surface area contributed by atoms with Gasteiger partial charge in [-0.05, 0) is 60.7 Å². The van der Waals surface area contributed by atoms with Crippen molar-refractivity contribution in [2.75, 3.05) is 38.2 Å². The number of amides is 1. The molecule has 3 rings (SSSR count). The van der Waals surface area contributed by atoms with Crippen molar-refractivity contribution in [1.82, 2.24) is 5.32 Å². The number of sulfonamides is 1. The van der Waals surface area contributed by atoms with Crippen molar-refractivity contribution >= 4 is 21.6 Å². The SMILES string of the molecule is COc1ccc(OCCNC(=O)CN(c2ccccc2)S(=O)(=O)c2ccc(OC)cc2)cc1. The van der Waals surface area contributed by atoms with E-state index in [4.69, 9.17) is 14.2 Å². The van der Waals surface area contributed by atoms with Crippen LogP contribution in [0.2, 0.25) is 0 Å². The lowest BCUT2D eigenvalue weighted by atomic mass is 10.3. The fraction of sp³-hybridized carbons (Fsp3) is 0.208. The second kappa shape index (κ2) is 11.2. The van der Waals surface area contributed by atoms with Crippen LogP contribution in [0.5, 0.6) is 17.2 Å². The topological polar surface area (TPSA) is 94.2 Å². The maximum Gasteiger partial charge on any atom is 0.264 e. The minimum Gasteiger partial charge on any atom is -0.497 e. The lowest BCUT2D eigenvalue weighted by Gasteiger charge is -2.24. The second-order valence-corrected chi connectivity index (χ2v) is 8.76. The van der Waals surface area contributed by atoms with Crippen molar-refractivity contribution in [3.8, 4) is 17.2 Å². The summed E-state index contributed by atoms with van der Waals surface area (Å²) in [4.78, 5) is 12.6. The molecular formula is C24H26N2O6S. The predicted molar refractivity (Wildman–Crippen MR) is 125 cm³/mol. The zero-order chi connectivity index (χ0) is 23.7. The summed E-state index contributed by atoms with van der Waals surface area (Å²) >= 11 is 0. The summed E-state index contributed by atoms with van der Waals surface area (Å²) in [6.07, 6.45) is 0. The number of ether oxygens (including phenoxy) is 3. The quantitative estimate of drug-likeness (QED) is 0.433. The third-order valence-corrected chi connectivity index (χ3v) is 6.52. The molecule has 9 heteroatoms. The summed E-state index contributed by atoms with van der Waals surface area (Å²) in [5.74, 6) is 1.44. The number of carbonyl (C=O) groups excluding carboxylic acids is 1. The Bertz CT molecular complexity index is 1130. The lowest BCUT2D eigenvalue weighted by Crippen LogP contribution is -2.41. The number of methoxy groups -OCH3 is 2. The first-order valence-corrected chi connectivity index (χ1v) is 11.6. The van der Waals surface area contributed by atoms with Gasteiger partial charge in [-0.3, -0.25) is 9.10 Å². The molecular weight excluding hydrogens is 444 g/mol. The van der Waals surface area contributed by atoms with Crippen LogP contribution in [-0.4, -0.2) is 48.2 Å². The molecule has 3 aromatic rings. The summed E-state index contributed by atoms with van der Waals surface area (Å²) in [6, 6.07) is 21.6. The van der Waals surface area contributed by atoms with Gasteiger partial charge in [0, 0.05) is 0 Å². The summed E-state index contributed by atoms with van der Waals surface area (Å²) in [5.41, 5.74) is 0.387. The van der Waals surface area contributed by atoms with E-state index < -0.39 is 15.9 Å². The summed E-state index contributed by atoms with van der Waals surface area (Å²) < 4.78 is 43.5. The van der Waals surface area contributed by atoms with Crippen molar-refractivity contribution in [2.24, 2.45) is 0 Å². The summed E-state index contributed by atoms with van der Waals surface area (Å²) in [5, 5.41) is 2.70. The van der Waals surface area contributed by atoms with Crippen molar-refractivity contribution in [3.05, 3.63) is 78.9 Å². The number of para-hydroxylation sites is 1. The van der Waals surface area contributed by atoms with Crippen molar-refractivity contribution in [3.63, 3.8) is 0 Å². The van der Waals surface area contributed by atoms with Crippen LogP contribution >= 0.6 is 0 Å². The number of hydrogen-bond donors (Lipinski definition) is 1. The first-order chi connectivity index (χ1) is 15.9. The molecule has 1 amide bonds. The van der Waals surface area contributed by atoms with E-state index in [1.807, 2.05) is 0 Å². The van der Waals surface area contributed by atoms with Crippen LogP contribution < -0.4 is 23.8 Å². The van der Waals surface area contributed by atoms with E-state index >= 15 is 0 Å². The minimum absolute atomic E-state index is 0.0581. The van der Waals surface area contributed by atoms with E-state index in [2.05, 4.69) is 5.32 Å². The predicted octanol–water partition coefficient (Wildman–Crippen LogP) is 3.09. The molecule has 0 saturated heterocycles. The number of nitrogens with one attached hydrogen (secondary N) is 1. The highest BCUT2D eigenvalue weighted by Crippen LogP contribution is 2.25. The van der Waals surface area contributed by atoms with Gasteiger partial charge in [-0.25, -0.2) is 8.42 Å². The normalized spacial score (nSPS) is 10.8. The van der Waals surface area contributed by atoms with E-state index in [1.165, 1.54) is 19.2 Å². The Morgan fingerprint density at radius 2 is 1.36 bits per heavy atom. The smallest absolute Gasteiger partial charge is 0.264 e. The highest BCUT2D eigenvalue weighted by Gasteiger charge is 2.27. The number of nitrogens with zero attached hydrogens (tertiary/aromatic N) is 1. The number of benzene rings is 3. The molecule has 0 aliphatic rings.